The zero-order valence-electron chi connectivity index (χ0n) is 12.7. The summed E-state index contributed by atoms with van der Waals surface area (Å²) in [5, 5.41) is 11.1. The maximum Gasteiger partial charge on any atom is 0.262 e. The molecule has 1 aliphatic rings. The number of carbonyl (C=O) groups excluding carboxylic acids is 2. The van der Waals surface area contributed by atoms with E-state index in [-0.39, 0.29) is 11.3 Å². The number of para-hydroxylation sites is 1. The van der Waals surface area contributed by atoms with Crippen LogP contribution in [0.4, 0.5) is 0 Å². The van der Waals surface area contributed by atoms with E-state index in [2.05, 4.69) is 5.43 Å². The standard InChI is InChI=1S/C17H16N2O4/c1-12-17(22)14(11-20)9-10-19(12)18-16(21)8-7-13-5-3-4-6-15(13)23-2/h3-10,22H,1-2H3,(H,18,21)/b8-7+. The predicted molar refractivity (Wildman–Crippen MR) is 85.7 cm³/mol. The van der Waals surface area contributed by atoms with Crippen LogP contribution in [-0.4, -0.2) is 29.1 Å². The lowest BCUT2D eigenvalue weighted by atomic mass is 10.1. The second-order valence-electron chi connectivity index (χ2n) is 4.69. The van der Waals surface area contributed by atoms with Gasteiger partial charge in [-0.15, -0.1) is 0 Å². The molecule has 0 unspecified atom stereocenters. The van der Waals surface area contributed by atoms with Crippen LogP contribution in [0.1, 0.15) is 12.5 Å². The topological polar surface area (TPSA) is 78.9 Å². The van der Waals surface area contributed by atoms with Crippen LogP contribution < -0.4 is 10.2 Å². The van der Waals surface area contributed by atoms with Gasteiger partial charge in [0.15, 0.2) is 5.76 Å². The van der Waals surface area contributed by atoms with Gasteiger partial charge in [0.1, 0.15) is 17.3 Å². The van der Waals surface area contributed by atoms with Crippen LogP contribution in [0.25, 0.3) is 6.08 Å². The minimum atomic E-state index is -0.397. The van der Waals surface area contributed by atoms with E-state index in [1.54, 1.807) is 32.1 Å². The van der Waals surface area contributed by atoms with Crippen molar-refractivity contribution in [2.45, 2.75) is 6.92 Å². The SMILES string of the molecule is COc1ccccc1/C=C/C(=O)NN1C=CC(=C=O)C(O)=C1C. The molecule has 2 rings (SSSR count). The van der Waals surface area contributed by atoms with Gasteiger partial charge in [-0.2, -0.15) is 0 Å². The summed E-state index contributed by atoms with van der Waals surface area (Å²) >= 11 is 0. The molecule has 118 valence electrons. The molecular formula is C17H16N2O4. The number of aliphatic hydroxyl groups is 1. The summed E-state index contributed by atoms with van der Waals surface area (Å²) in [6, 6.07) is 7.29. The summed E-state index contributed by atoms with van der Waals surface area (Å²) in [6.45, 7) is 1.57. The first-order chi connectivity index (χ1) is 11.1. The van der Waals surface area contributed by atoms with Crippen LogP contribution >= 0.6 is 0 Å². The Kier molecular flexibility index (Phi) is 5.02. The Hall–Kier alpha value is -3.24. The maximum absolute atomic E-state index is 12.0. The van der Waals surface area contributed by atoms with Crippen LogP contribution in [0.3, 0.4) is 0 Å². The normalized spacial score (nSPS) is 14.2. The van der Waals surface area contributed by atoms with E-state index in [0.717, 1.165) is 5.56 Å². The first-order valence-corrected chi connectivity index (χ1v) is 6.81. The average Bonchev–Trinajstić information content (AvgIpc) is 2.57. The molecule has 0 spiro atoms. The van der Waals surface area contributed by atoms with Crippen LogP contribution in [0.2, 0.25) is 0 Å². The molecule has 2 N–H and O–H groups in total. The third kappa shape index (κ3) is 3.70. The molecule has 1 amide bonds. The minimum Gasteiger partial charge on any atom is -0.505 e. The van der Waals surface area contributed by atoms with E-state index in [1.807, 2.05) is 18.2 Å². The molecule has 1 aromatic rings. The third-order valence-electron chi connectivity index (χ3n) is 3.24. The predicted octanol–water partition coefficient (Wildman–Crippen LogP) is 2.12. The number of carbonyl (C=O) groups is 1. The first-order valence-electron chi connectivity index (χ1n) is 6.81. The zero-order chi connectivity index (χ0) is 16.8. The van der Waals surface area contributed by atoms with Gasteiger partial charge in [0.25, 0.3) is 5.91 Å². The average molecular weight is 312 g/mol. The summed E-state index contributed by atoms with van der Waals surface area (Å²) in [6.07, 6.45) is 5.79. The van der Waals surface area contributed by atoms with Gasteiger partial charge < -0.3 is 9.84 Å². The molecule has 0 saturated heterocycles. The second-order valence-corrected chi connectivity index (χ2v) is 4.69. The van der Waals surface area contributed by atoms with Gasteiger partial charge in [0.2, 0.25) is 0 Å². The fourth-order valence-corrected chi connectivity index (χ4v) is 1.98. The van der Waals surface area contributed by atoms with Gasteiger partial charge >= 0.3 is 0 Å². The van der Waals surface area contributed by atoms with Crippen LogP contribution in [0.5, 0.6) is 5.75 Å². The van der Waals surface area contributed by atoms with Gasteiger partial charge in [-0.05, 0) is 25.1 Å². The lowest BCUT2D eigenvalue weighted by molar-refractivity contribution is -0.119. The van der Waals surface area contributed by atoms with Gasteiger partial charge in [0, 0.05) is 17.8 Å². The fraction of sp³-hybridized carbons (Fsp3) is 0.118. The van der Waals surface area contributed by atoms with Gasteiger partial charge in [-0.1, -0.05) is 18.2 Å². The molecule has 1 heterocycles. The molecule has 0 radical (unpaired) electrons. The molecule has 0 aliphatic carbocycles. The van der Waals surface area contributed by atoms with Crippen molar-refractivity contribution >= 4 is 17.9 Å². The number of ether oxygens (including phenoxy) is 1. The smallest absolute Gasteiger partial charge is 0.262 e. The van der Waals surface area contributed by atoms with E-state index in [4.69, 9.17) is 4.74 Å². The van der Waals surface area contributed by atoms with E-state index >= 15 is 0 Å². The number of hydrogen-bond acceptors (Lipinski definition) is 5. The summed E-state index contributed by atoms with van der Waals surface area (Å²) in [5.41, 5.74) is 3.70. The van der Waals surface area contributed by atoms with Crippen molar-refractivity contribution in [3.05, 3.63) is 65.2 Å². The fourth-order valence-electron chi connectivity index (χ4n) is 1.98. The van der Waals surface area contributed by atoms with E-state index in [1.165, 1.54) is 23.4 Å². The highest BCUT2D eigenvalue weighted by Crippen LogP contribution is 2.20. The summed E-state index contributed by atoms with van der Waals surface area (Å²) < 4.78 is 5.20. The van der Waals surface area contributed by atoms with Crippen molar-refractivity contribution in [1.29, 1.82) is 0 Å². The van der Waals surface area contributed by atoms with Crippen molar-refractivity contribution < 1.29 is 19.4 Å². The number of allylic oxidation sites excluding steroid dienone is 2. The largest absolute Gasteiger partial charge is 0.505 e. The van der Waals surface area contributed by atoms with Crippen LogP contribution in [0.15, 0.2) is 59.6 Å². The summed E-state index contributed by atoms with van der Waals surface area (Å²) in [5.74, 6) is 1.66. The Balaban J connectivity index is 2.09. The number of methoxy groups -OCH3 is 1. The molecular weight excluding hydrogens is 296 g/mol. The van der Waals surface area contributed by atoms with E-state index < -0.39 is 5.91 Å². The number of amides is 1. The number of hydrogen-bond donors (Lipinski definition) is 2. The first kappa shape index (κ1) is 16.1. The number of aliphatic hydroxyl groups excluding tert-OH is 1. The van der Waals surface area contributed by atoms with Crippen molar-refractivity contribution in [3.8, 4) is 5.75 Å². The summed E-state index contributed by atoms with van der Waals surface area (Å²) in [4.78, 5) is 22.6. The van der Waals surface area contributed by atoms with Gasteiger partial charge in [-0.3, -0.25) is 15.2 Å². The second kappa shape index (κ2) is 7.15. The lowest BCUT2D eigenvalue weighted by Crippen LogP contribution is -2.38. The van der Waals surface area contributed by atoms with Crippen LogP contribution in [0, 0.1) is 0 Å². The zero-order valence-corrected chi connectivity index (χ0v) is 12.7. The Morgan fingerprint density at radius 1 is 1.39 bits per heavy atom. The van der Waals surface area contributed by atoms with Crippen molar-refractivity contribution in [2.75, 3.05) is 7.11 Å². The van der Waals surface area contributed by atoms with Gasteiger partial charge in [0.05, 0.1) is 12.8 Å². The molecule has 1 aliphatic heterocycles. The Morgan fingerprint density at radius 2 is 2.13 bits per heavy atom. The molecule has 23 heavy (non-hydrogen) atoms. The molecule has 1 aromatic carbocycles. The number of rotatable bonds is 4. The Bertz CT molecular complexity index is 756. The monoisotopic (exact) mass is 312 g/mol. The van der Waals surface area contributed by atoms with Gasteiger partial charge in [-0.25, -0.2) is 4.79 Å². The Labute approximate surface area is 133 Å². The van der Waals surface area contributed by atoms with Crippen molar-refractivity contribution in [2.24, 2.45) is 0 Å². The van der Waals surface area contributed by atoms with Crippen molar-refractivity contribution in [1.82, 2.24) is 10.4 Å². The van der Waals surface area contributed by atoms with E-state index in [9.17, 15) is 14.7 Å². The molecule has 0 aromatic heterocycles. The molecule has 6 heteroatoms. The van der Waals surface area contributed by atoms with Crippen molar-refractivity contribution in [3.63, 3.8) is 0 Å². The summed E-state index contributed by atoms with van der Waals surface area (Å²) in [7, 11) is 1.56. The molecule has 0 fully saturated rings. The molecule has 0 saturated carbocycles. The maximum atomic E-state index is 12.0. The number of nitrogens with one attached hydrogen (secondary N) is 1. The molecule has 0 atom stereocenters. The highest BCUT2D eigenvalue weighted by Gasteiger charge is 2.17. The Morgan fingerprint density at radius 3 is 2.83 bits per heavy atom. The molecule has 0 bridgehead atoms. The number of nitrogens with zero attached hydrogens (tertiary/aromatic N) is 1. The van der Waals surface area contributed by atoms with E-state index in [0.29, 0.717) is 11.4 Å². The molecule has 6 nitrogen and oxygen atoms in total. The van der Waals surface area contributed by atoms with Crippen LogP contribution in [-0.2, 0) is 9.59 Å². The number of hydrazine groups is 1. The number of benzene rings is 1. The quantitative estimate of drug-likeness (QED) is 0.657. The lowest BCUT2D eigenvalue weighted by Gasteiger charge is -2.24. The highest BCUT2D eigenvalue weighted by molar-refractivity contribution is 5.92. The minimum absolute atomic E-state index is 0.0394. The third-order valence-corrected chi connectivity index (χ3v) is 3.24. The highest BCUT2D eigenvalue weighted by atomic mass is 16.5.